The smallest absolute Gasteiger partial charge is 0.671 e. The molecule has 1 radical (unpaired) electrons. The van der Waals surface area contributed by atoms with Crippen LogP contribution in [0, 0.1) is 105 Å². The fraction of sp³-hybridized carbons (Fsp3) is 0.292. The van der Waals surface area contributed by atoms with E-state index in [4.69, 9.17) is 33.1 Å². The Bertz CT molecular complexity index is 2520. The van der Waals surface area contributed by atoms with Crippen molar-refractivity contribution in [2.45, 2.75) is 96.9 Å². The Labute approximate surface area is 348 Å². The van der Waals surface area contributed by atoms with Gasteiger partial charge in [-0.15, -0.1) is 11.4 Å². The zero-order valence-corrected chi connectivity index (χ0v) is 36.3. The Balaban J connectivity index is 0.000000248. The number of hydrogen-bond acceptors (Lipinski definition) is 4. The van der Waals surface area contributed by atoms with Gasteiger partial charge in [0.05, 0.1) is 47.1 Å². The van der Waals surface area contributed by atoms with E-state index in [1.165, 1.54) is 11.1 Å². The third-order valence-electron chi connectivity index (χ3n) is 10.7. The van der Waals surface area contributed by atoms with Crippen molar-refractivity contribution in [1.29, 1.82) is 10.5 Å². The monoisotopic (exact) mass is 793 g/mol. The molecule has 0 fully saturated rings. The predicted octanol–water partition coefficient (Wildman–Crippen LogP) is 11.6. The van der Waals surface area contributed by atoms with Crippen LogP contribution in [0.25, 0.3) is 20.8 Å². The van der Waals surface area contributed by atoms with Crippen molar-refractivity contribution in [3.8, 4) is 12.1 Å². The van der Waals surface area contributed by atoms with Crippen LogP contribution in [0.4, 0.5) is 11.4 Å². The summed E-state index contributed by atoms with van der Waals surface area (Å²) in [5, 5.41) is 19.1. The van der Waals surface area contributed by atoms with Gasteiger partial charge in [0.15, 0.2) is 11.4 Å². The van der Waals surface area contributed by atoms with Crippen LogP contribution in [0.1, 0.15) is 106 Å². The molecule has 0 N–H and O–H groups in total. The van der Waals surface area contributed by atoms with Crippen molar-refractivity contribution >= 4 is 33.9 Å². The number of aliphatic imine (C=N–C) groups is 2. The van der Waals surface area contributed by atoms with Gasteiger partial charge in [-0.1, -0.05) is 74.2 Å². The summed E-state index contributed by atoms with van der Waals surface area (Å²) in [5.41, 5.74) is 22.8. The Hall–Kier alpha value is -6.23. The van der Waals surface area contributed by atoms with E-state index in [9.17, 15) is 10.5 Å². The van der Waals surface area contributed by atoms with Gasteiger partial charge < -0.3 is 9.97 Å². The predicted molar refractivity (Wildman–Crippen MR) is 227 cm³/mol. The zero-order valence-electron chi connectivity index (χ0n) is 35.2. The van der Waals surface area contributed by atoms with Gasteiger partial charge in [0.1, 0.15) is 12.1 Å². The van der Waals surface area contributed by atoms with Gasteiger partial charge in [0.25, 0.3) is 0 Å². The van der Waals surface area contributed by atoms with E-state index in [0.717, 1.165) is 112 Å². The molecule has 0 amide bonds. The van der Waals surface area contributed by atoms with E-state index in [1.807, 2.05) is 55.4 Å². The average Bonchev–Trinajstić information content (AvgIpc) is 3.78. The first-order chi connectivity index (χ1) is 26.4. The molecule has 2 aromatic carbocycles. The van der Waals surface area contributed by atoms with E-state index in [2.05, 4.69) is 87.6 Å². The van der Waals surface area contributed by atoms with Crippen LogP contribution in [-0.4, -0.2) is 11.4 Å². The van der Waals surface area contributed by atoms with Gasteiger partial charge in [-0.2, -0.15) is 21.9 Å². The minimum atomic E-state index is 0. The molecule has 4 heterocycles. The summed E-state index contributed by atoms with van der Waals surface area (Å²) < 4.78 is 0. The summed E-state index contributed by atoms with van der Waals surface area (Å²) in [6.07, 6.45) is 0. The average molecular weight is 794 g/mol. The van der Waals surface area contributed by atoms with Crippen molar-refractivity contribution in [1.82, 2.24) is 9.97 Å². The molecular weight excluding hydrogens is 748 g/mol. The molecule has 9 heteroatoms. The molecule has 0 unspecified atom stereocenters. The third kappa shape index (κ3) is 7.66. The summed E-state index contributed by atoms with van der Waals surface area (Å²) in [5.74, 6) is 0. The zero-order chi connectivity index (χ0) is 41.5. The Morgan fingerprint density at radius 2 is 0.842 bits per heavy atom. The maximum atomic E-state index is 9.57. The summed E-state index contributed by atoms with van der Waals surface area (Å²) in [4.78, 5) is 26.4. The standard InChI is InChI=1S/2C24H23N4.Co/c2*1-12-9-13(2)20(14(3)10-12)21(23-15(4)19(11-25)17(6)27-23)24-16(5)22(26-8)18(7)28-24;/h2*9-10H,1-7H3;/q2*-1;+2/b2*23-21-;. The molecule has 4 aromatic rings. The molecule has 57 heavy (non-hydrogen) atoms. The van der Waals surface area contributed by atoms with Crippen LogP contribution in [0.3, 0.4) is 0 Å². The van der Waals surface area contributed by atoms with Crippen molar-refractivity contribution in [2.75, 3.05) is 0 Å². The van der Waals surface area contributed by atoms with Crippen LogP contribution < -0.4 is 9.97 Å². The third-order valence-corrected chi connectivity index (χ3v) is 10.7. The van der Waals surface area contributed by atoms with E-state index in [0.29, 0.717) is 22.5 Å². The first-order valence-corrected chi connectivity index (χ1v) is 18.4. The molecular formula is C48H46CoN8. The topological polar surface area (TPSA) is 109 Å². The molecule has 0 saturated carbocycles. The Kier molecular flexibility index (Phi) is 12.9. The number of aryl methyl sites for hydroxylation is 8. The first kappa shape index (κ1) is 43.5. The van der Waals surface area contributed by atoms with Crippen LogP contribution in [0.2, 0.25) is 0 Å². The fourth-order valence-electron chi connectivity index (χ4n) is 8.25. The number of allylic oxidation sites excluding steroid dienone is 4. The van der Waals surface area contributed by atoms with Crippen molar-refractivity contribution < 1.29 is 16.8 Å². The fourth-order valence-corrected chi connectivity index (χ4v) is 8.25. The van der Waals surface area contributed by atoms with E-state index < -0.39 is 0 Å². The largest absolute Gasteiger partial charge is 2.00 e. The second-order valence-corrected chi connectivity index (χ2v) is 14.9. The molecule has 2 aliphatic rings. The van der Waals surface area contributed by atoms with Crippen molar-refractivity contribution in [2.24, 2.45) is 9.98 Å². The molecule has 2 aromatic heterocycles. The van der Waals surface area contributed by atoms with Crippen LogP contribution >= 0.6 is 0 Å². The molecule has 2 aliphatic heterocycles. The van der Waals surface area contributed by atoms with E-state index >= 15 is 0 Å². The number of nitrogens with zero attached hydrogens (tertiary/aromatic N) is 8. The van der Waals surface area contributed by atoms with Gasteiger partial charge in [-0.05, 0) is 125 Å². The summed E-state index contributed by atoms with van der Waals surface area (Å²) in [6, 6.07) is 13.2. The summed E-state index contributed by atoms with van der Waals surface area (Å²) in [7, 11) is 0. The Morgan fingerprint density at radius 1 is 0.544 bits per heavy atom. The quantitative estimate of drug-likeness (QED) is 0.192. The molecule has 6 rings (SSSR count). The molecule has 8 nitrogen and oxygen atoms in total. The SMILES string of the molecule is [C-]#[N+]c1c(C)[n-]c(/C(=C2\N=C(C)C(C#N)=C2C)c2c(C)cc(C)cc2C)c1C.[C-]#[N+]c1c(C)[n-]c(/C(=C2\N=C(C)C(C#N)=C2C)c2c(C)cc(C)cc2C)c1C.[Co+2]. The molecule has 0 atom stereocenters. The molecule has 287 valence electrons. The Morgan fingerprint density at radius 3 is 1.07 bits per heavy atom. The first-order valence-electron chi connectivity index (χ1n) is 18.4. The number of rotatable bonds is 4. The normalized spacial score (nSPS) is 15.1. The van der Waals surface area contributed by atoms with Gasteiger partial charge in [0.2, 0.25) is 0 Å². The van der Waals surface area contributed by atoms with E-state index in [-0.39, 0.29) is 16.8 Å². The van der Waals surface area contributed by atoms with Crippen molar-refractivity contribution in [3.05, 3.63) is 159 Å². The number of nitriles is 2. The number of benzene rings is 2. The maximum Gasteiger partial charge on any atom is 2.00 e. The minimum Gasteiger partial charge on any atom is -0.671 e. The summed E-state index contributed by atoms with van der Waals surface area (Å²) >= 11 is 0. The summed E-state index contributed by atoms with van der Waals surface area (Å²) in [6.45, 7) is 42.8. The van der Waals surface area contributed by atoms with Gasteiger partial charge in [0, 0.05) is 0 Å². The molecule has 0 bridgehead atoms. The molecule has 0 aliphatic carbocycles. The maximum absolute atomic E-state index is 9.57. The van der Waals surface area contributed by atoms with Gasteiger partial charge in [-0.25, -0.2) is 9.69 Å². The van der Waals surface area contributed by atoms with Crippen molar-refractivity contribution in [3.63, 3.8) is 0 Å². The minimum absolute atomic E-state index is 0. The molecule has 0 saturated heterocycles. The van der Waals surface area contributed by atoms with Crippen LogP contribution in [-0.2, 0) is 16.8 Å². The second-order valence-electron chi connectivity index (χ2n) is 14.9. The van der Waals surface area contributed by atoms with Gasteiger partial charge >= 0.3 is 16.8 Å². The van der Waals surface area contributed by atoms with Crippen LogP contribution in [0.15, 0.2) is 67.9 Å². The second kappa shape index (κ2) is 16.9. The number of hydrogen-bond donors (Lipinski definition) is 0. The number of aromatic nitrogens is 2. The van der Waals surface area contributed by atoms with E-state index in [1.54, 1.807) is 0 Å². The van der Waals surface area contributed by atoms with Crippen LogP contribution in [0.5, 0.6) is 0 Å². The van der Waals surface area contributed by atoms with Gasteiger partial charge in [-0.3, -0.25) is 9.98 Å². The molecule has 0 spiro atoms.